The average molecular weight is 542 g/mol. The molecule has 2 atom stereocenters. The maximum atomic E-state index is 14.8. The van der Waals surface area contributed by atoms with E-state index >= 15 is 0 Å². The van der Waals surface area contributed by atoms with Crippen LogP contribution in [0.2, 0.25) is 0 Å². The number of alkyl halides is 3. The summed E-state index contributed by atoms with van der Waals surface area (Å²) in [5.74, 6) is -2.45. The first-order valence-corrected chi connectivity index (χ1v) is 12.7. The van der Waals surface area contributed by atoms with E-state index in [2.05, 4.69) is 5.32 Å². The number of halogens is 4. The highest BCUT2D eigenvalue weighted by molar-refractivity contribution is 5.98. The van der Waals surface area contributed by atoms with Gasteiger partial charge in [0.2, 0.25) is 5.91 Å². The Morgan fingerprint density at radius 1 is 0.974 bits per heavy atom. The topological polar surface area (TPSA) is 52.7 Å². The van der Waals surface area contributed by atoms with Gasteiger partial charge in [-0.2, -0.15) is 13.2 Å². The minimum atomic E-state index is -4.56. The van der Waals surface area contributed by atoms with Crippen molar-refractivity contribution in [2.45, 2.75) is 38.9 Å². The number of likely N-dealkylation sites (tertiary alicyclic amines) is 1. The van der Waals surface area contributed by atoms with E-state index in [1.54, 1.807) is 13.0 Å². The summed E-state index contributed by atoms with van der Waals surface area (Å²) in [5, 5.41) is 2.64. The number of piperidine rings is 1. The van der Waals surface area contributed by atoms with Crippen molar-refractivity contribution in [3.8, 4) is 0 Å². The van der Waals surface area contributed by atoms with Gasteiger partial charge in [-0.1, -0.05) is 30.3 Å². The molecule has 1 N–H and O–H groups in total. The number of benzene rings is 3. The number of carbonyl (C=O) groups excluding carboxylic acids is 2. The molecule has 2 amide bonds. The van der Waals surface area contributed by atoms with Gasteiger partial charge in [-0.3, -0.25) is 9.59 Å². The number of rotatable bonds is 5. The molecule has 0 saturated carbocycles. The van der Waals surface area contributed by atoms with Crippen molar-refractivity contribution in [2.75, 3.05) is 30.9 Å². The summed E-state index contributed by atoms with van der Waals surface area (Å²) in [6, 6.07) is 14.7. The molecule has 3 aromatic carbocycles. The summed E-state index contributed by atoms with van der Waals surface area (Å²) in [7, 11) is 3.78. The molecule has 1 aliphatic rings. The van der Waals surface area contributed by atoms with Crippen molar-refractivity contribution in [3.63, 3.8) is 0 Å². The van der Waals surface area contributed by atoms with Gasteiger partial charge < -0.3 is 15.1 Å². The van der Waals surface area contributed by atoms with Crippen molar-refractivity contribution in [2.24, 2.45) is 5.92 Å². The maximum absolute atomic E-state index is 14.8. The fraction of sp³-hybridized carbons (Fsp3) is 0.333. The average Bonchev–Trinajstić information content (AvgIpc) is 2.88. The number of amides is 2. The molecule has 0 bridgehead atoms. The third kappa shape index (κ3) is 5.92. The zero-order valence-corrected chi connectivity index (χ0v) is 22.3. The highest BCUT2D eigenvalue weighted by Gasteiger charge is 2.41. The Bertz CT molecular complexity index is 1350. The van der Waals surface area contributed by atoms with Crippen molar-refractivity contribution in [3.05, 3.63) is 94.3 Å². The normalized spacial score (nSPS) is 17.6. The van der Waals surface area contributed by atoms with Gasteiger partial charge in [0.25, 0.3) is 5.91 Å². The Labute approximate surface area is 225 Å². The van der Waals surface area contributed by atoms with Crippen LogP contribution in [0.1, 0.15) is 51.5 Å². The van der Waals surface area contributed by atoms with Crippen LogP contribution in [0.15, 0.2) is 60.7 Å². The predicted octanol–water partition coefficient (Wildman–Crippen LogP) is 6.76. The summed E-state index contributed by atoms with van der Waals surface area (Å²) >= 11 is 0. The van der Waals surface area contributed by atoms with Crippen LogP contribution in [0.4, 0.5) is 28.9 Å². The number of nitrogens with one attached hydrogen (secondary N) is 1. The Balaban J connectivity index is 1.73. The van der Waals surface area contributed by atoms with Crippen molar-refractivity contribution in [1.82, 2.24) is 4.90 Å². The summed E-state index contributed by atoms with van der Waals surface area (Å²) in [4.78, 5) is 30.8. The van der Waals surface area contributed by atoms with Gasteiger partial charge in [-0.25, -0.2) is 4.39 Å². The fourth-order valence-corrected chi connectivity index (χ4v) is 5.17. The number of anilines is 2. The molecule has 0 aliphatic carbocycles. The van der Waals surface area contributed by atoms with Gasteiger partial charge in [0, 0.05) is 32.0 Å². The lowest BCUT2D eigenvalue weighted by molar-refractivity contribution is -0.138. The summed E-state index contributed by atoms with van der Waals surface area (Å²) in [6.45, 7) is 3.32. The number of hydrogen-bond donors (Lipinski definition) is 1. The zero-order valence-electron chi connectivity index (χ0n) is 22.3. The molecule has 1 fully saturated rings. The van der Waals surface area contributed by atoms with Gasteiger partial charge >= 0.3 is 6.18 Å². The monoisotopic (exact) mass is 541 g/mol. The summed E-state index contributed by atoms with van der Waals surface area (Å²) in [5.41, 5.74) is 1.27. The molecule has 5 nitrogen and oxygen atoms in total. The minimum absolute atomic E-state index is 0.0213. The van der Waals surface area contributed by atoms with Crippen molar-refractivity contribution in [1.29, 1.82) is 0 Å². The van der Waals surface area contributed by atoms with Gasteiger partial charge in [0.05, 0.1) is 23.1 Å². The van der Waals surface area contributed by atoms with E-state index in [1.807, 2.05) is 43.3 Å². The fourth-order valence-electron chi connectivity index (χ4n) is 5.17. The van der Waals surface area contributed by atoms with E-state index in [0.717, 1.165) is 11.8 Å². The maximum Gasteiger partial charge on any atom is 0.416 e. The molecule has 3 aromatic rings. The second kappa shape index (κ2) is 11.1. The van der Waals surface area contributed by atoms with Crippen molar-refractivity contribution < 1.29 is 27.2 Å². The Morgan fingerprint density at radius 2 is 1.67 bits per heavy atom. The van der Waals surface area contributed by atoms with Gasteiger partial charge in [-0.05, 0) is 73.7 Å². The number of hydrogen-bond acceptors (Lipinski definition) is 3. The Kier molecular flexibility index (Phi) is 7.99. The molecule has 0 unspecified atom stereocenters. The van der Waals surface area contributed by atoms with Gasteiger partial charge in [0.1, 0.15) is 5.82 Å². The second-order valence-electron chi connectivity index (χ2n) is 10.1. The number of carbonyl (C=O) groups is 2. The second-order valence-corrected chi connectivity index (χ2v) is 10.1. The molecule has 206 valence electrons. The first-order valence-electron chi connectivity index (χ1n) is 12.7. The van der Waals surface area contributed by atoms with Crippen LogP contribution in [0.5, 0.6) is 0 Å². The van der Waals surface area contributed by atoms with Crippen LogP contribution in [-0.4, -0.2) is 37.4 Å². The van der Waals surface area contributed by atoms with Crippen molar-refractivity contribution >= 4 is 23.2 Å². The molecular weight excluding hydrogens is 510 g/mol. The first kappa shape index (κ1) is 28.1. The van der Waals surface area contributed by atoms with E-state index < -0.39 is 41.3 Å². The Hall–Kier alpha value is -3.88. The smallest absolute Gasteiger partial charge is 0.378 e. The molecular formula is C30H31F4N3O2. The van der Waals surface area contributed by atoms with E-state index in [0.29, 0.717) is 30.5 Å². The largest absolute Gasteiger partial charge is 0.416 e. The molecule has 9 heteroatoms. The molecule has 0 spiro atoms. The lowest BCUT2D eigenvalue weighted by Crippen LogP contribution is -2.46. The summed E-state index contributed by atoms with van der Waals surface area (Å²) in [6.07, 6.45) is -3.68. The third-order valence-corrected chi connectivity index (χ3v) is 7.23. The van der Waals surface area contributed by atoms with Crippen LogP contribution in [0, 0.1) is 25.6 Å². The molecule has 39 heavy (non-hydrogen) atoms. The van der Waals surface area contributed by atoms with Crippen LogP contribution < -0.4 is 10.2 Å². The SMILES string of the molecule is Cc1ccc(NC(=O)[C@H]2CCCN(C(=O)c3c(C)cccc3F)[C@H]2c2ccc(N(C)C)cc2)cc1C(F)(F)F. The lowest BCUT2D eigenvalue weighted by Gasteiger charge is -2.41. The Morgan fingerprint density at radius 3 is 2.28 bits per heavy atom. The quantitative estimate of drug-likeness (QED) is 0.363. The molecule has 1 aliphatic heterocycles. The molecule has 4 rings (SSSR count). The van der Waals surface area contributed by atoms with Gasteiger partial charge in [0.15, 0.2) is 0 Å². The zero-order chi connectivity index (χ0) is 28.5. The van der Waals surface area contributed by atoms with E-state index in [1.165, 1.54) is 36.1 Å². The highest BCUT2D eigenvalue weighted by atomic mass is 19.4. The standard InChI is InChI=1S/C30H31F4N3O2/c1-18-10-13-21(17-24(18)30(32,33)34)35-28(38)23-8-6-16-37(29(39)26-19(2)7-5-9-25(26)31)27(23)20-11-14-22(15-12-20)36(3)4/h5,7,9-15,17,23,27H,6,8,16H2,1-4H3,(H,35,38)/t23-,27-/m0/s1. The molecule has 1 heterocycles. The lowest BCUT2D eigenvalue weighted by atomic mass is 9.83. The minimum Gasteiger partial charge on any atom is -0.378 e. The van der Waals surface area contributed by atoms with Gasteiger partial charge in [-0.15, -0.1) is 0 Å². The molecule has 1 saturated heterocycles. The number of aryl methyl sites for hydroxylation is 2. The third-order valence-electron chi connectivity index (χ3n) is 7.23. The van der Waals surface area contributed by atoms with E-state index in [9.17, 15) is 27.2 Å². The van der Waals surface area contributed by atoms with Crippen LogP contribution in [0.25, 0.3) is 0 Å². The van der Waals surface area contributed by atoms with Crippen LogP contribution >= 0.6 is 0 Å². The van der Waals surface area contributed by atoms with Crippen LogP contribution in [0.3, 0.4) is 0 Å². The molecule has 0 radical (unpaired) electrons. The molecule has 0 aromatic heterocycles. The number of nitrogens with zero attached hydrogens (tertiary/aromatic N) is 2. The van der Waals surface area contributed by atoms with E-state index in [4.69, 9.17) is 0 Å². The van der Waals surface area contributed by atoms with Crippen LogP contribution in [-0.2, 0) is 11.0 Å². The van der Waals surface area contributed by atoms with E-state index in [-0.39, 0.29) is 16.8 Å². The summed E-state index contributed by atoms with van der Waals surface area (Å²) < 4.78 is 55.2. The predicted molar refractivity (Wildman–Crippen MR) is 143 cm³/mol. The first-order chi connectivity index (χ1) is 18.4. The highest BCUT2D eigenvalue weighted by Crippen LogP contribution is 2.39.